The Labute approximate surface area is 125 Å². The monoisotopic (exact) mass is 292 g/mol. The molecule has 2 fully saturated rings. The van der Waals surface area contributed by atoms with Gasteiger partial charge in [0.1, 0.15) is 0 Å². The summed E-state index contributed by atoms with van der Waals surface area (Å²) in [6, 6.07) is 7.29. The summed E-state index contributed by atoms with van der Waals surface area (Å²) in [6.07, 6.45) is 5.40. The number of nitrogens with one attached hydrogen (secondary N) is 2. The van der Waals surface area contributed by atoms with Crippen LogP contribution in [0.5, 0.6) is 0 Å². The van der Waals surface area contributed by atoms with Crippen molar-refractivity contribution < 1.29 is 4.79 Å². The van der Waals surface area contributed by atoms with Gasteiger partial charge in [0.15, 0.2) is 0 Å². The standard InChI is InChI=1S/C16H21ClN2O/c1-10(15-9-11-2-3-12(15)8-11)18-16(20)19-14-6-4-13(17)5-7-14/h4-7,10-12,15H,2-3,8-9H2,1H3,(H2,18,19,20). The van der Waals surface area contributed by atoms with Gasteiger partial charge in [-0.1, -0.05) is 18.0 Å². The molecule has 4 heteroatoms. The molecule has 20 heavy (non-hydrogen) atoms. The van der Waals surface area contributed by atoms with E-state index in [1.54, 1.807) is 12.1 Å². The molecule has 2 aliphatic rings. The lowest BCUT2D eigenvalue weighted by molar-refractivity contribution is 0.230. The Hall–Kier alpha value is -1.22. The smallest absolute Gasteiger partial charge is 0.319 e. The number of halogens is 1. The predicted octanol–water partition coefficient (Wildman–Crippen LogP) is 4.29. The van der Waals surface area contributed by atoms with E-state index in [0.717, 1.165) is 17.5 Å². The Balaban J connectivity index is 1.52. The Morgan fingerprint density at radius 2 is 2.00 bits per heavy atom. The highest BCUT2D eigenvalue weighted by Gasteiger charge is 2.42. The summed E-state index contributed by atoms with van der Waals surface area (Å²) in [4.78, 5) is 12.0. The Kier molecular flexibility index (Phi) is 3.88. The van der Waals surface area contributed by atoms with Gasteiger partial charge in [-0.15, -0.1) is 0 Å². The van der Waals surface area contributed by atoms with Crippen molar-refractivity contribution in [1.29, 1.82) is 0 Å². The summed E-state index contributed by atoms with van der Waals surface area (Å²) < 4.78 is 0. The topological polar surface area (TPSA) is 41.1 Å². The fourth-order valence-corrected chi connectivity index (χ4v) is 4.05. The number of amides is 2. The van der Waals surface area contributed by atoms with Gasteiger partial charge in [0.25, 0.3) is 0 Å². The molecular weight excluding hydrogens is 272 g/mol. The third-order valence-corrected chi connectivity index (χ3v) is 5.15. The summed E-state index contributed by atoms with van der Waals surface area (Å²) in [5, 5.41) is 6.62. The van der Waals surface area contributed by atoms with Crippen LogP contribution in [0.4, 0.5) is 10.5 Å². The minimum absolute atomic E-state index is 0.123. The van der Waals surface area contributed by atoms with Gasteiger partial charge in [0, 0.05) is 16.8 Å². The average Bonchev–Trinajstić information content (AvgIpc) is 3.03. The van der Waals surface area contributed by atoms with Gasteiger partial charge in [-0.2, -0.15) is 0 Å². The number of hydrogen-bond acceptors (Lipinski definition) is 1. The number of rotatable bonds is 3. The third-order valence-electron chi connectivity index (χ3n) is 4.90. The number of urea groups is 1. The van der Waals surface area contributed by atoms with Crippen LogP contribution in [-0.4, -0.2) is 12.1 Å². The summed E-state index contributed by atoms with van der Waals surface area (Å²) >= 11 is 5.83. The van der Waals surface area contributed by atoms with Crippen LogP contribution < -0.4 is 10.6 Å². The molecular formula is C16H21ClN2O. The van der Waals surface area contributed by atoms with E-state index in [-0.39, 0.29) is 12.1 Å². The first-order chi connectivity index (χ1) is 9.61. The van der Waals surface area contributed by atoms with E-state index >= 15 is 0 Å². The fourth-order valence-electron chi connectivity index (χ4n) is 3.92. The quantitative estimate of drug-likeness (QED) is 0.857. The molecule has 3 rings (SSSR count). The van der Waals surface area contributed by atoms with Crippen molar-refractivity contribution in [3.8, 4) is 0 Å². The lowest BCUT2D eigenvalue weighted by atomic mass is 9.84. The van der Waals surface area contributed by atoms with E-state index in [1.165, 1.54) is 25.7 Å². The van der Waals surface area contributed by atoms with Gasteiger partial charge in [0.2, 0.25) is 0 Å². The molecule has 2 amide bonds. The highest BCUT2D eigenvalue weighted by Crippen LogP contribution is 2.49. The highest BCUT2D eigenvalue weighted by molar-refractivity contribution is 6.30. The van der Waals surface area contributed by atoms with E-state index in [4.69, 9.17) is 11.6 Å². The van der Waals surface area contributed by atoms with Crippen molar-refractivity contribution >= 4 is 23.3 Å². The van der Waals surface area contributed by atoms with E-state index in [1.807, 2.05) is 12.1 Å². The molecule has 0 heterocycles. The third kappa shape index (κ3) is 2.93. The maximum Gasteiger partial charge on any atom is 0.319 e. The van der Waals surface area contributed by atoms with E-state index in [9.17, 15) is 4.79 Å². The molecule has 2 bridgehead atoms. The molecule has 0 aliphatic heterocycles. The van der Waals surface area contributed by atoms with Gasteiger partial charge in [-0.05, 0) is 68.2 Å². The molecule has 0 aromatic heterocycles. The van der Waals surface area contributed by atoms with Crippen LogP contribution in [0, 0.1) is 17.8 Å². The molecule has 3 nitrogen and oxygen atoms in total. The van der Waals surface area contributed by atoms with Gasteiger partial charge in [-0.25, -0.2) is 4.79 Å². The molecule has 2 N–H and O–H groups in total. The molecule has 0 saturated heterocycles. The molecule has 2 aliphatic carbocycles. The van der Waals surface area contributed by atoms with E-state index < -0.39 is 0 Å². The first-order valence-corrected chi connectivity index (χ1v) is 7.82. The number of carbonyl (C=O) groups is 1. The largest absolute Gasteiger partial charge is 0.335 e. The molecule has 2 saturated carbocycles. The lowest BCUT2D eigenvalue weighted by Crippen LogP contribution is -2.42. The van der Waals surface area contributed by atoms with Crippen molar-refractivity contribution in [1.82, 2.24) is 5.32 Å². The second-order valence-corrected chi connectivity index (χ2v) is 6.67. The Bertz CT molecular complexity index is 488. The minimum Gasteiger partial charge on any atom is -0.335 e. The van der Waals surface area contributed by atoms with Crippen LogP contribution in [0.3, 0.4) is 0 Å². The first kappa shape index (κ1) is 13.7. The summed E-state index contributed by atoms with van der Waals surface area (Å²) in [6.45, 7) is 2.13. The van der Waals surface area contributed by atoms with Crippen LogP contribution in [-0.2, 0) is 0 Å². The second kappa shape index (κ2) is 5.65. The zero-order valence-electron chi connectivity index (χ0n) is 11.7. The van der Waals surface area contributed by atoms with Crippen LogP contribution in [0.15, 0.2) is 24.3 Å². The highest BCUT2D eigenvalue weighted by atomic mass is 35.5. The molecule has 1 aromatic rings. The zero-order chi connectivity index (χ0) is 14.1. The fraction of sp³-hybridized carbons (Fsp3) is 0.562. The number of fused-ring (bicyclic) bond motifs is 2. The van der Waals surface area contributed by atoms with E-state index in [2.05, 4.69) is 17.6 Å². The van der Waals surface area contributed by atoms with Gasteiger partial charge in [-0.3, -0.25) is 0 Å². The van der Waals surface area contributed by atoms with Crippen LogP contribution in [0.1, 0.15) is 32.6 Å². The molecule has 108 valence electrons. The average molecular weight is 293 g/mol. The Morgan fingerprint density at radius 3 is 2.60 bits per heavy atom. The summed E-state index contributed by atoms with van der Waals surface area (Å²) in [5.74, 6) is 2.39. The van der Waals surface area contributed by atoms with Crippen LogP contribution >= 0.6 is 11.6 Å². The number of benzene rings is 1. The van der Waals surface area contributed by atoms with Crippen molar-refractivity contribution in [2.24, 2.45) is 17.8 Å². The SMILES string of the molecule is CC(NC(=O)Nc1ccc(Cl)cc1)C1CC2CCC1C2. The van der Waals surface area contributed by atoms with Gasteiger partial charge >= 0.3 is 6.03 Å². The van der Waals surface area contributed by atoms with Crippen molar-refractivity contribution in [2.75, 3.05) is 5.32 Å². The molecule has 0 spiro atoms. The van der Waals surface area contributed by atoms with Crippen molar-refractivity contribution in [2.45, 2.75) is 38.6 Å². The zero-order valence-corrected chi connectivity index (χ0v) is 12.5. The van der Waals surface area contributed by atoms with Crippen LogP contribution in [0.2, 0.25) is 5.02 Å². The molecule has 1 aromatic carbocycles. The first-order valence-electron chi connectivity index (χ1n) is 7.45. The minimum atomic E-state index is -0.123. The van der Waals surface area contributed by atoms with Gasteiger partial charge < -0.3 is 10.6 Å². The van der Waals surface area contributed by atoms with E-state index in [0.29, 0.717) is 10.9 Å². The number of anilines is 1. The number of hydrogen-bond donors (Lipinski definition) is 2. The summed E-state index contributed by atoms with van der Waals surface area (Å²) in [7, 11) is 0. The Morgan fingerprint density at radius 1 is 1.25 bits per heavy atom. The lowest BCUT2D eigenvalue weighted by Gasteiger charge is -2.28. The number of carbonyl (C=O) groups excluding carboxylic acids is 1. The van der Waals surface area contributed by atoms with Crippen LogP contribution in [0.25, 0.3) is 0 Å². The molecule has 0 radical (unpaired) electrons. The maximum absolute atomic E-state index is 12.0. The van der Waals surface area contributed by atoms with Crippen molar-refractivity contribution in [3.05, 3.63) is 29.3 Å². The van der Waals surface area contributed by atoms with Crippen molar-refractivity contribution in [3.63, 3.8) is 0 Å². The predicted molar refractivity (Wildman–Crippen MR) is 82.0 cm³/mol. The second-order valence-electron chi connectivity index (χ2n) is 6.23. The maximum atomic E-state index is 12.0. The van der Waals surface area contributed by atoms with Gasteiger partial charge in [0.05, 0.1) is 0 Å². The normalized spacial score (nSPS) is 29.2. The molecule has 4 atom stereocenters. The molecule has 4 unspecified atom stereocenters. The summed E-state index contributed by atoms with van der Waals surface area (Å²) in [5.41, 5.74) is 0.770.